The zero-order chi connectivity index (χ0) is 27.2. The lowest BCUT2D eigenvalue weighted by atomic mass is 10.1. The molecule has 0 amide bonds. The second-order valence-corrected chi connectivity index (χ2v) is 11.1. The highest BCUT2D eigenvalue weighted by molar-refractivity contribution is 7.86. The average Bonchev–Trinajstić information content (AvgIpc) is 2.83. The molecule has 0 heterocycles. The first kappa shape index (κ1) is 28.2. The van der Waals surface area contributed by atoms with Crippen molar-refractivity contribution >= 4 is 61.3 Å². The third-order valence-corrected chi connectivity index (χ3v) is 7.09. The number of rotatable bonds is 12. The van der Waals surface area contributed by atoms with Crippen molar-refractivity contribution < 1.29 is 30.7 Å². The number of hydrogen-bond donors (Lipinski definition) is 8. The predicted octanol–water partition coefficient (Wildman–Crippen LogP) is 3.65. The SMILES string of the molecule is Cc1cc(N)c(OCCCS)cc1NNc1ccc(NNc2ccc(S(=O)(=O)O)cc2)cc1S(=O)(=O)O. The Balaban J connectivity index is 1.75. The molecule has 0 atom stereocenters. The van der Waals surface area contributed by atoms with Gasteiger partial charge in [0.15, 0.2) is 0 Å². The van der Waals surface area contributed by atoms with Gasteiger partial charge < -0.3 is 26.7 Å². The molecule has 0 aliphatic rings. The standard InChI is InChI=1S/C22H27N5O7S3/c1-14-11-18(23)21(34-9-2-10-35)13-20(14)27-26-19-8-5-16(12-22(19)37(31,32)33)25-24-15-3-6-17(7-4-15)36(28,29)30/h3-8,11-13,24-27,35H,2,9-10,23H2,1H3,(H,28,29,30)(H,31,32,33). The van der Waals surface area contributed by atoms with Crippen LogP contribution in [-0.2, 0) is 20.2 Å². The molecule has 0 aromatic heterocycles. The van der Waals surface area contributed by atoms with Gasteiger partial charge in [0.05, 0.1) is 39.9 Å². The molecule has 3 aromatic rings. The van der Waals surface area contributed by atoms with E-state index in [1.165, 1.54) is 36.4 Å². The van der Waals surface area contributed by atoms with Crippen molar-refractivity contribution in [2.45, 2.75) is 23.1 Å². The number of thiol groups is 1. The second kappa shape index (κ2) is 11.8. The van der Waals surface area contributed by atoms with Crippen molar-refractivity contribution in [3.63, 3.8) is 0 Å². The number of ether oxygens (including phenoxy) is 1. The van der Waals surface area contributed by atoms with Crippen LogP contribution >= 0.6 is 12.6 Å². The Morgan fingerprint density at radius 3 is 2.08 bits per heavy atom. The molecule has 200 valence electrons. The molecule has 0 fully saturated rings. The van der Waals surface area contributed by atoms with Crippen LogP contribution in [0.1, 0.15) is 12.0 Å². The Morgan fingerprint density at radius 1 is 0.838 bits per heavy atom. The molecular weight excluding hydrogens is 542 g/mol. The molecule has 3 rings (SSSR count). The summed E-state index contributed by atoms with van der Waals surface area (Å²) < 4.78 is 70.9. The third kappa shape index (κ3) is 7.80. The van der Waals surface area contributed by atoms with E-state index in [2.05, 4.69) is 34.3 Å². The van der Waals surface area contributed by atoms with Gasteiger partial charge in [-0.05, 0) is 73.2 Å². The van der Waals surface area contributed by atoms with E-state index >= 15 is 0 Å². The second-order valence-electron chi connectivity index (χ2n) is 7.82. The monoisotopic (exact) mass is 569 g/mol. The van der Waals surface area contributed by atoms with Gasteiger partial charge >= 0.3 is 0 Å². The van der Waals surface area contributed by atoms with Gasteiger partial charge in [-0.3, -0.25) is 14.5 Å². The molecule has 0 radical (unpaired) electrons. The Labute approximate surface area is 220 Å². The fourth-order valence-corrected chi connectivity index (χ4v) is 4.40. The van der Waals surface area contributed by atoms with Gasteiger partial charge in [-0.15, -0.1) is 0 Å². The zero-order valence-corrected chi connectivity index (χ0v) is 22.1. The van der Waals surface area contributed by atoms with Crippen molar-refractivity contribution in [2.75, 3.05) is 39.8 Å². The summed E-state index contributed by atoms with van der Waals surface area (Å²) in [5, 5.41) is 0. The summed E-state index contributed by atoms with van der Waals surface area (Å²) in [7, 11) is -8.95. The van der Waals surface area contributed by atoms with Crippen molar-refractivity contribution in [3.8, 4) is 5.75 Å². The molecule has 0 unspecified atom stereocenters. The van der Waals surface area contributed by atoms with Gasteiger partial charge in [0, 0.05) is 6.07 Å². The van der Waals surface area contributed by atoms with E-state index in [4.69, 9.17) is 15.0 Å². The Bertz CT molecular complexity index is 1460. The highest BCUT2D eigenvalue weighted by atomic mass is 32.2. The van der Waals surface area contributed by atoms with Crippen LogP contribution in [0.15, 0.2) is 64.4 Å². The summed E-state index contributed by atoms with van der Waals surface area (Å²) in [6, 6.07) is 12.7. The van der Waals surface area contributed by atoms with Crippen LogP contribution in [0.25, 0.3) is 0 Å². The van der Waals surface area contributed by atoms with Crippen LogP contribution in [0.5, 0.6) is 5.75 Å². The zero-order valence-electron chi connectivity index (χ0n) is 19.6. The molecule has 0 aliphatic carbocycles. The topological polar surface area (TPSA) is 192 Å². The molecule has 0 saturated carbocycles. The smallest absolute Gasteiger partial charge is 0.296 e. The molecule has 8 N–H and O–H groups in total. The molecule has 37 heavy (non-hydrogen) atoms. The molecular formula is C22H27N5O7S3. The highest BCUT2D eigenvalue weighted by Gasteiger charge is 2.17. The Morgan fingerprint density at radius 2 is 1.46 bits per heavy atom. The Kier molecular flexibility index (Phi) is 8.98. The van der Waals surface area contributed by atoms with E-state index in [-0.39, 0.29) is 16.3 Å². The van der Waals surface area contributed by atoms with Crippen LogP contribution in [0.4, 0.5) is 28.4 Å². The van der Waals surface area contributed by atoms with E-state index in [1.807, 2.05) is 6.92 Å². The first-order chi connectivity index (χ1) is 17.4. The van der Waals surface area contributed by atoms with Crippen molar-refractivity contribution in [1.29, 1.82) is 0 Å². The first-order valence-corrected chi connectivity index (χ1v) is 14.3. The third-order valence-electron chi connectivity index (χ3n) is 5.01. The van der Waals surface area contributed by atoms with Crippen molar-refractivity contribution in [1.82, 2.24) is 0 Å². The Hall–Kier alpha value is -3.37. The van der Waals surface area contributed by atoms with Gasteiger partial charge in [-0.1, -0.05) is 0 Å². The molecule has 3 aromatic carbocycles. The fourth-order valence-electron chi connectivity index (χ4n) is 3.12. The molecule has 12 nitrogen and oxygen atoms in total. The minimum atomic E-state index is -4.62. The van der Waals surface area contributed by atoms with Crippen LogP contribution in [0, 0.1) is 6.92 Å². The quantitative estimate of drug-likeness (QED) is 0.0520. The van der Waals surface area contributed by atoms with E-state index in [0.29, 0.717) is 35.2 Å². The molecule has 0 aliphatic heterocycles. The summed E-state index contributed by atoms with van der Waals surface area (Å²) in [6.45, 7) is 2.24. The van der Waals surface area contributed by atoms with Gasteiger partial charge in [-0.2, -0.15) is 29.5 Å². The lowest BCUT2D eigenvalue weighted by molar-refractivity contribution is 0.320. The number of aryl methyl sites for hydroxylation is 1. The average molecular weight is 570 g/mol. The van der Waals surface area contributed by atoms with Gasteiger partial charge in [0.1, 0.15) is 10.6 Å². The predicted molar refractivity (Wildman–Crippen MR) is 147 cm³/mol. The van der Waals surface area contributed by atoms with Gasteiger partial charge in [0.2, 0.25) is 0 Å². The molecule has 0 bridgehead atoms. The number of hydrazine groups is 2. The molecule has 15 heteroatoms. The minimum absolute atomic E-state index is 0.0688. The summed E-state index contributed by atoms with van der Waals surface area (Å²) in [5.74, 6) is 1.12. The number of nitrogens with one attached hydrogen (secondary N) is 4. The summed E-state index contributed by atoms with van der Waals surface area (Å²) >= 11 is 4.15. The first-order valence-electron chi connectivity index (χ1n) is 10.8. The van der Waals surface area contributed by atoms with Crippen molar-refractivity contribution in [3.05, 3.63) is 60.2 Å². The number of benzene rings is 3. The summed E-state index contributed by atoms with van der Waals surface area (Å²) in [6.07, 6.45) is 0.736. The van der Waals surface area contributed by atoms with Crippen LogP contribution in [-0.4, -0.2) is 38.3 Å². The maximum atomic E-state index is 12.1. The number of nitrogens with two attached hydrogens (primary N) is 1. The van der Waals surface area contributed by atoms with Crippen LogP contribution in [0.2, 0.25) is 0 Å². The number of hydrogen-bond acceptors (Lipinski definition) is 11. The molecule has 0 saturated heterocycles. The normalized spacial score (nSPS) is 11.6. The van der Waals surface area contributed by atoms with E-state index in [0.717, 1.165) is 12.0 Å². The van der Waals surface area contributed by atoms with Gasteiger partial charge in [0.25, 0.3) is 20.2 Å². The van der Waals surface area contributed by atoms with E-state index in [9.17, 15) is 21.4 Å². The van der Waals surface area contributed by atoms with E-state index < -0.39 is 25.1 Å². The summed E-state index contributed by atoms with van der Waals surface area (Å²) in [5.41, 5.74) is 19.8. The minimum Gasteiger partial charge on any atom is -0.491 e. The van der Waals surface area contributed by atoms with E-state index in [1.54, 1.807) is 18.2 Å². The number of nitrogen functional groups attached to an aromatic ring is 1. The van der Waals surface area contributed by atoms with Crippen LogP contribution in [0.3, 0.4) is 0 Å². The summed E-state index contributed by atoms with van der Waals surface area (Å²) in [4.78, 5) is -0.686. The largest absolute Gasteiger partial charge is 0.491 e. The highest BCUT2D eigenvalue weighted by Crippen LogP contribution is 2.31. The van der Waals surface area contributed by atoms with Crippen LogP contribution < -0.4 is 32.2 Å². The molecule has 0 spiro atoms. The lowest BCUT2D eigenvalue weighted by Gasteiger charge is -2.18. The maximum absolute atomic E-state index is 12.1. The lowest BCUT2D eigenvalue weighted by Crippen LogP contribution is -2.15. The van der Waals surface area contributed by atoms with Crippen molar-refractivity contribution in [2.24, 2.45) is 0 Å². The van der Waals surface area contributed by atoms with Gasteiger partial charge in [-0.25, -0.2) is 0 Å². The maximum Gasteiger partial charge on any atom is 0.296 e. The number of anilines is 5. The fraction of sp³-hybridized carbons (Fsp3) is 0.182.